The Hall–Kier alpha value is 0.310. The Morgan fingerprint density at radius 1 is 1.47 bits per heavy atom. The molecule has 0 aromatic heterocycles. The van der Waals surface area contributed by atoms with Gasteiger partial charge in [-0.15, -0.1) is 0 Å². The van der Waals surface area contributed by atoms with Crippen molar-refractivity contribution in [2.45, 2.75) is 25.6 Å². The van der Waals surface area contributed by atoms with Crippen molar-refractivity contribution in [3.05, 3.63) is 0 Å². The van der Waals surface area contributed by atoms with Crippen LogP contribution in [-0.4, -0.2) is 62.8 Å². The van der Waals surface area contributed by atoms with Crippen molar-refractivity contribution in [3.63, 3.8) is 0 Å². The zero-order chi connectivity index (χ0) is 12.9. The first-order valence-electron chi connectivity index (χ1n) is 5.67. The number of methoxy groups -OCH3 is 1. The Kier molecular flexibility index (Phi) is 6.36. The topological polar surface area (TPSA) is 55.8 Å². The van der Waals surface area contributed by atoms with Gasteiger partial charge < -0.3 is 9.47 Å². The van der Waals surface area contributed by atoms with E-state index in [2.05, 4.69) is 15.9 Å². The average molecular weight is 330 g/mol. The minimum atomic E-state index is -3.18. The van der Waals surface area contributed by atoms with Crippen LogP contribution >= 0.6 is 15.9 Å². The number of sulfonamides is 1. The molecule has 0 N–H and O–H groups in total. The second-order valence-electron chi connectivity index (χ2n) is 4.20. The summed E-state index contributed by atoms with van der Waals surface area (Å²) in [4.78, 5) is 0. The summed E-state index contributed by atoms with van der Waals surface area (Å²) < 4.78 is 36.1. The molecule has 0 radical (unpaired) electrons. The highest BCUT2D eigenvalue weighted by molar-refractivity contribution is 9.09. The molecule has 0 aliphatic carbocycles. The molecule has 1 saturated heterocycles. The minimum Gasteiger partial charge on any atom is -0.385 e. The third-order valence-corrected chi connectivity index (χ3v) is 5.22. The van der Waals surface area contributed by atoms with Crippen molar-refractivity contribution in [1.82, 2.24) is 4.31 Å². The van der Waals surface area contributed by atoms with Crippen LogP contribution in [0.4, 0.5) is 0 Å². The number of morpholine rings is 1. The van der Waals surface area contributed by atoms with Crippen molar-refractivity contribution >= 4 is 26.0 Å². The lowest BCUT2D eigenvalue weighted by atomic mass is 10.3. The highest BCUT2D eigenvalue weighted by Gasteiger charge is 2.31. The first-order valence-corrected chi connectivity index (χ1v) is 8.41. The lowest BCUT2D eigenvalue weighted by Gasteiger charge is -2.35. The summed E-state index contributed by atoms with van der Waals surface area (Å²) >= 11 is 3.33. The molecule has 1 heterocycles. The van der Waals surface area contributed by atoms with Crippen LogP contribution in [-0.2, 0) is 19.5 Å². The van der Waals surface area contributed by atoms with E-state index >= 15 is 0 Å². The zero-order valence-electron chi connectivity index (χ0n) is 10.3. The maximum Gasteiger partial charge on any atom is 0.214 e. The van der Waals surface area contributed by atoms with Gasteiger partial charge in [0.25, 0.3) is 0 Å². The van der Waals surface area contributed by atoms with Gasteiger partial charge in [-0.05, 0) is 13.3 Å². The summed E-state index contributed by atoms with van der Waals surface area (Å²) in [6, 6.07) is 0. The summed E-state index contributed by atoms with van der Waals surface area (Å²) in [6.45, 7) is 3.25. The van der Waals surface area contributed by atoms with E-state index in [4.69, 9.17) is 9.47 Å². The number of hydrogen-bond donors (Lipinski definition) is 0. The second-order valence-corrected chi connectivity index (χ2v) is 6.94. The monoisotopic (exact) mass is 329 g/mol. The summed E-state index contributed by atoms with van der Waals surface area (Å²) in [7, 11) is -1.61. The van der Waals surface area contributed by atoms with E-state index in [0.29, 0.717) is 31.4 Å². The van der Waals surface area contributed by atoms with E-state index in [9.17, 15) is 8.42 Å². The van der Waals surface area contributed by atoms with Crippen molar-refractivity contribution < 1.29 is 17.9 Å². The molecule has 0 bridgehead atoms. The van der Waals surface area contributed by atoms with Gasteiger partial charge in [-0.1, -0.05) is 15.9 Å². The fourth-order valence-corrected chi connectivity index (χ4v) is 3.76. The number of hydrogen-bond acceptors (Lipinski definition) is 4. The molecule has 1 aliphatic rings. The summed E-state index contributed by atoms with van der Waals surface area (Å²) in [5, 5.41) is 0.654. The molecular formula is C10H20BrNO4S. The maximum absolute atomic E-state index is 12.1. The maximum atomic E-state index is 12.1. The van der Waals surface area contributed by atoms with Gasteiger partial charge in [-0.3, -0.25) is 0 Å². The average Bonchev–Trinajstić information content (AvgIpc) is 2.28. The van der Waals surface area contributed by atoms with Crippen molar-refractivity contribution in [3.8, 4) is 0 Å². The minimum absolute atomic E-state index is 0.0523. The smallest absolute Gasteiger partial charge is 0.214 e. The van der Waals surface area contributed by atoms with E-state index in [1.54, 1.807) is 7.11 Å². The number of halogens is 1. The van der Waals surface area contributed by atoms with Gasteiger partial charge in [-0.2, -0.15) is 4.31 Å². The molecule has 2 atom stereocenters. The van der Waals surface area contributed by atoms with Crippen LogP contribution in [0.3, 0.4) is 0 Å². The Morgan fingerprint density at radius 2 is 2.18 bits per heavy atom. The van der Waals surface area contributed by atoms with Crippen LogP contribution < -0.4 is 0 Å². The molecular weight excluding hydrogens is 310 g/mol. The van der Waals surface area contributed by atoms with Gasteiger partial charge in [0.05, 0.1) is 18.0 Å². The van der Waals surface area contributed by atoms with Crippen LogP contribution in [0.25, 0.3) is 0 Å². The standard InChI is InChI=1S/C10H20BrNO4S/c1-9-7-12(8-10(6-11)16-9)17(13,14)5-3-4-15-2/h9-10H,3-8H2,1-2H3. The fourth-order valence-electron chi connectivity index (χ4n) is 1.83. The molecule has 2 unspecified atom stereocenters. The van der Waals surface area contributed by atoms with Crippen LogP contribution in [0.15, 0.2) is 0 Å². The summed E-state index contributed by atoms with van der Waals surface area (Å²) in [5.41, 5.74) is 0. The van der Waals surface area contributed by atoms with Crippen LogP contribution in [0.2, 0.25) is 0 Å². The molecule has 0 saturated carbocycles. The molecule has 17 heavy (non-hydrogen) atoms. The molecule has 5 nitrogen and oxygen atoms in total. The zero-order valence-corrected chi connectivity index (χ0v) is 12.7. The number of ether oxygens (including phenoxy) is 2. The van der Waals surface area contributed by atoms with E-state index in [-0.39, 0.29) is 18.0 Å². The van der Waals surface area contributed by atoms with Crippen LogP contribution in [0.1, 0.15) is 13.3 Å². The van der Waals surface area contributed by atoms with E-state index < -0.39 is 10.0 Å². The molecule has 1 rings (SSSR count). The normalized spacial score (nSPS) is 27.2. The highest BCUT2D eigenvalue weighted by Crippen LogP contribution is 2.16. The quantitative estimate of drug-likeness (QED) is 0.535. The molecule has 0 spiro atoms. The fraction of sp³-hybridized carbons (Fsp3) is 1.00. The van der Waals surface area contributed by atoms with Crippen LogP contribution in [0.5, 0.6) is 0 Å². The van der Waals surface area contributed by atoms with Gasteiger partial charge >= 0.3 is 0 Å². The summed E-state index contributed by atoms with van der Waals surface area (Å²) in [5.74, 6) is 0.141. The van der Waals surface area contributed by atoms with Gasteiger partial charge in [0.2, 0.25) is 10.0 Å². The van der Waals surface area contributed by atoms with E-state index in [1.165, 1.54) is 4.31 Å². The van der Waals surface area contributed by atoms with Crippen LogP contribution in [0, 0.1) is 0 Å². The SMILES string of the molecule is COCCCS(=O)(=O)N1CC(C)OC(CBr)C1. The van der Waals surface area contributed by atoms with Crippen molar-refractivity contribution in [2.75, 3.05) is 37.9 Å². The Labute approximate surface area is 112 Å². The molecule has 102 valence electrons. The predicted octanol–water partition coefficient (Wildman–Crippen LogP) is 0.837. The Balaban J connectivity index is 2.57. The van der Waals surface area contributed by atoms with Crippen molar-refractivity contribution in [2.24, 2.45) is 0 Å². The Bertz CT molecular complexity index is 322. The number of rotatable bonds is 6. The first-order chi connectivity index (χ1) is 7.99. The van der Waals surface area contributed by atoms with Gasteiger partial charge in [0, 0.05) is 32.1 Å². The van der Waals surface area contributed by atoms with Gasteiger partial charge in [0.15, 0.2) is 0 Å². The van der Waals surface area contributed by atoms with E-state index in [0.717, 1.165) is 0 Å². The highest BCUT2D eigenvalue weighted by atomic mass is 79.9. The number of nitrogens with zero attached hydrogens (tertiary/aromatic N) is 1. The molecule has 1 aliphatic heterocycles. The Morgan fingerprint density at radius 3 is 2.76 bits per heavy atom. The van der Waals surface area contributed by atoms with Crippen molar-refractivity contribution in [1.29, 1.82) is 0 Å². The molecule has 1 fully saturated rings. The lowest BCUT2D eigenvalue weighted by Crippen LogP contribution is -2.50. The summed E-state index contributed by atoms with van der Waals surface area (Å²) in [6.07, 6.45) is 0.420. The van der Waals surface area contributed by atoms with Gasteiger partial charge in [-0.25, -0.2) is 8.42 Å². The lowest BCUT2D eigenvalue weighted by molar-refractivity contribution is -0.0411. The molecule has 7 heteroatoms. The number of alkyl halides is 1. The third-order valence-electron chi connectivity index (χ3n) is 2.61. The first kappa shape index (κ1) is 15.4. The molecule has 0 amide bonds. The third kappa shape index (κ3) is 4.82. The van der Waals surface area contributed by atoms with E-state index in [1.807, 2.05) is 6.92 Å². The molecule has 0 aromatic rings. The second kappa shape index (κ2) is 7.04. The largest absolute Gasteiger partial charge is 0.385 e. The van der Waals surface area contributed by atoms with Gasteiger partial charge in [0.1, 0.15) is 0 Å². The molecule has 0 aromatic carbocycles. The predicted molar refractivity (Wildman–Crippen MR) is 70.0 cm³/mol.